The van der Waals surface area contributed by atoms with Crippen LogP contribution in [-0.2, 0) is 4.79 Å². The highest BCUT2D eigenvalue weighted by molar-refractivity contribution is 5.87. The van der Waals surface area contributed by atoms with Crippen molar-refractivity contribution >= 4 is 5.91 Å². The van der Waals surface area contributed by atoms with Gasteiger partial charge in [-0.25, -0.2) is 0 Å². The Morgan fingerprint density at radius 1 is 1.26 bits per heavy atom. The lowest BCUT2D eigenvalue weighted by Crippen LogP contribution is -2.56. The van der Waals surface area contributed by atoms with Gasteiger partial charge in [-0.05, 0) is 56.9 Å². The molecule has 2 rings (SSSR count). The van der Waals surface area contributed by atoms with Crippen LogP contribution in [0.5, 0.6) is 0 Å². The maximum Gasteiger partial charge on any atom is 0.240 e. The molecule has 1 saturated heterocycles. The van der Waals surface area contributed by atoms with Gasteiger partial charge in [0, 0.05) is 6.04 Å². The first-order chi connectivity index (χ1) is 8.97. The van der Waals surface area contributed by atoms with E-state index in [1.54, 1.807) is 0 Å². The normalized spacial score (nSPS) is 31.3. The number of rotatable bonds is 4. The number of carbonyl (C=O) groups excluding carboxylic acids is 1. The average Bonchev–Trinajstić information content (AvgIpc) is 2.82. The highest BCUT2D eigenvalue weighted by Gasteiger charge is 2.41. The van der Waals surface area contributed by atoms with E-state index in [0.717, 1.165) is 45.1 Å². The highest BCUT2D eigenvalue weighted by atomic mass is 16.2. The molecule has 1 unspecified atom stereocenters. The van der Waals surface area contributed by atoms with Crippen LogP contribution in [-0.4, -0.2) is 24.0 Å². The number of nitrogens with one attached hydrogen (secondary N) is 2. The summed E-state index contributed by atoms with van der Waals surface area (Å²) in [5.41, 5.74) is 0.204. The van der Waals surface area contributed by atoms with E-state index < -0.39 is 0 Å². The molecule has 1 saturated carbocycles. The van der Waals surface area contributed by atoms with E-state index in [1.165, 1.54) is 12.8 Å². The summed E-state index contributed by atoms with van der Waals surface area (Å²) in [7, 11) is 0. The topological polar surface area (TPSA) is 41.1 Å². The number of carbonyl (C=O) groups is 1. The number of hydrogen-bond acceptors (Lipinski definition) is 2. The van der Waals surface area contributed by atoms with Gasteiger partial charge < -0.3 is 10.6 Å². The maximum atomic E-state index is 12.6. The zero-order valence-electron chi connectivity index (χ0n) is 12.8. The molecule has 1 amide bonds. The fourth-order valence-corrected chi connectivity index (χ4v) is 3.62. The molecule has 1 aliphatic carbocycles. The van der Waals surface area contributed by atoms with Crippen molar-refractivity contribution < 1.29 is 4.79 Å². The molecule has 2 N–H and O–H groups in total. The number of hydrogen-bond donors (Lipinski definition) is 2. The van der Waals surface area contributed by atoms with Gasteiger partial charge in [-0.15, -0.1) is 0 Å². The summed E-state index contributed by atoms with van der Waals surface area (Å²) in [6.45, 7) is 7.83. The molecule has 1 aliphatic heterocycles. The predicted molar refractivity (Wildman–Crippen MR) is 79.1 cm³/mol. The molecule has 0 spiro atoms. The second-order valence-corrected chi connectivity index (χ2v) is 7.27. The van der Waals surface area contributed by atoms with Crippen LogP contribution < -0.4 is 10.6 Å². The summed E-state index contributed by atoms with van der Waals surface area (Å²) in [5, 5.41) is 6.79. The van der Waals surface area contributed by atoms with Gasteiger partial charge in [0.25, 0.3) is 0 Å². The molecule has 3 nitrogen and oxygen atoms in total. The SMILES string of the molecule is CCCC1(C(=O)NC2CCC(C)(C)CC2)CCCN1. The summed E-state index contributed by atoms with van der Waals surface area (Å²) in [6, 6.07) is 0.400. The second kappa shape index (κ2) is 5.82. The Morgan fingerprint density at radius 2 is 1.95 bits per heavy atom. The summed E-state index contributed by atoms with van der Waals surface area (Å²) >= 11 is 0. The van der Waals surface area contributed by atoms with E-state index in [2.05, 4.69) is 31.4 Å². The predicted octanol–water partition coefficient (Wildman–Crippen LogP) is 2.99. The second-order valence-electron chi connectivity index (χ2n) is 7.27. The zero-order chi connectivity index (χ0) is 13.9. The quantitative estimate of drug-likeness (QED) is 0.821. The first-order valence-electron chi connectivity index (χ1n) is 8.03. The van der Waals surface area contributed by atoms with E-state index in [-0.39, 0.29) is 11.4 Å². The molecule has 0 aromatic heterocycles. The molecule has 0 aromatic carbocycles. The third kappa shape index (κ3) is 3.50. The van der Waals surface area contributed by atoms with Crippen molar-refractivity contribution in [3.63, 3.8) is 0 Å². The minimum atomic E-state index is -0.262. The Labute approximate surface area is 117 Å². The summed E-state index contributed by atoms with van der Waals surface area (Å²) < 4.78 is 0. The molecule has 1 atom stereocenters. The first kappa shape index (κ1) is 14.8. The minimum Gasteiger partial charge on any atom is -0.352 e. The van der Waals surface area contributed by atoms with Gasteiger partial charge in [-0.3, -0.25) is 4.79 Å². The smallest absolute Gasteiger partial charge is 0.240 e. The van der Waals surface area contributed by atoms with E-state index in [4.69, 9.17) is 0 Å². The van der Waals surface area contributed by atoms with Crippen LogP contribution in [0.25, 0.3) is 0 Å². The Kier molecular flexibility index (Phi) is 4.54. The maximum absolute atomic E-state index is 12.6. The largest absolute Gasteiger partial charge is 0.352 e. The van der Waals surface area contributed by atoms with Crippen LogP contribution in [0.3, 0.4) is 0 Å². The molecule has 1 heterocycles. The fraction of sp³-hybridized carbons (Fsp3) is 0.938. The zero-order valence-corrected chi connectivity index (χ0v) is 12.8. The monoisotopic (exact) mass is 266 g/mol. The number of amides is 1. The van der Waals surface area contributed by atoms with Gasteiger partial charge in [0.1, 0.15) is 0 Å². The Bertz CT molecular complexity index is 309. The van der Waals surface area contributed by atoms with E-state index >= 15 is 0 Å². The molecule has 0 radical (unpaired) electrons. The molecule has 2 fully saturated rings. The fourth-order valence-electron chi connectivity index (χ4n) is 3.62. The molecule has 0 bridgehead atoms. The van der Waals surface area contributed by atoms with Gasteiger partial charge in [0.15, 0.2) is 0 Å². The van der Waals surface area contributed by atoms with Crippen molar-refractivity contribution in [1.29, 1.82) is 0 Å². The van der Waals surface area contributed by atoms with Crippen LogP contribution >= 0.6 is 0 Å². The van der Waals surface area contributed by atoms with Gasteiger partial charge in [-0.2, -0.15) is 0 Å². The molecule has 3 heteroatoms. The molecular weight excluding hydrogens is 236 g/mol. The third-order valence-electron chi connectivity index (χ3n) is 5.03. The van der Waals surface area contributed by atoms with E-state index in [0.29, 0.717) is 11.5 Å². The summed E-state index contributed by atoms with van der Waals surface area (Å²) in [6.07, 6.45) is 8.91. The van der Waals surface area contributed by atoms with Crippen molar-refractivity contribution in [2.45, 2.75) is 83.7 Å². The average molecular weight is 266 g/mol. The molecule has 19 heavy (non-hydrogen) atoms. The van der Waals surface area contributed by atoms with Crippen molar-refractivity contribution in [3.8, 4) is 0 Å². The Hall–Kier alpha value is -0.570. The van der Waals surface area contributed by atoms with Gasteiger partial charge in [-0.1, -0.05) is 27.2 Å². The molecule has 0 aromatic rings. The Balaban J connectivity index is 1.89. The Morgan fingerprint density at radius 3 is 2.47 bits per heavy atom. The van der Waals surface area contributed by atoms with Crippen molar-refractivity contribution in [2.75, 3.05) is 6.54 Å². The van der Waals surface area contributed by atoms with Crippen LogP contribution in [0, 0.1) is 5.41 Å². The summed E-state index contributed by atoms with van der Waals surface area (Å²) in [5.74, 6) is 0.261. The van der Waals surface area contributed by atoms with Crippen LogP contribution in [0.1, 0.15) is 72.1 Å². The van der Waals surface area contributed by atoms with Crippen molar-refractivity contribution in [3.05, 3.63) is 0 Å². The third-order valence-corrected chi connectivity index (χ3v) is 5.03. The van der Waals surface area contributed by atoms with Gasteiger partial charge >= 0.3 is 0 Å². The highest BCUT2D eigenvalue weighted by Crippen LogP contribution is 2.35. The molecular formula is C16H30N2O. The standard InChI is InChI=1S/C16H30N2O/c1-4-8-16(9-5-12-17-16)14(19)18-13-6-10-15(2,3)11-7-13/h13,17H,4-12H2,1-3H3,(H,18,19). The lowest BCUT2D eigenvalue weighted by Gasteiger charge is -2.37. The van der Waals surface area contributed by atoms with Crippen molar-refractivity contribution in [1.82, 2.24) is 10.6 Å². The molecule has 2 aliphatic rings. The summed E-state index contributed by atoms with van der Waals surface area (Å²) in [4.78, 5) is 12.6. The van der Waals surface area contributed by atoms with Crippen LogP contribution in [0.4, 0.5) is 0 Å². The van der Waals surface area contributed by atoms with E-state index in [1.807, 2.05) is 0 Å². The van der Waals surface area contributed by atoms with Crippen molar-refractivity contribution in [2.24, 2.45) is 5.41 Å². The van der Waals surface area contributed by atoms with E-state index in [9.17, 15) is 4.79 Å². The van der Waals surface area contributed by atoms with Gasteiger partial charge in [0.05, 0.1) is 5.54 Å². The van der Waals surface area contributed by atoms with Crippen LogP contribution in [0.15, 0.2) is 0 Å². The lowest BCUT2D eigenvalue weighted by molar-refractivity contribution is -0.128. The molecule has 110 valence electrons. The minimum absolute atomic E-state index is 0.261. The first-order valence-corrected chi connectivity index (χ1v) is 8.03. The lowest BCUT2D eigenvalue weighted by atomic mass is 9.75. The van der Waals surface area contributed by atoms with Gasteiger partial charge in [0.2, 0.25) is 5.91 Å². The van der Waals surface area contributed by atoms with Crippen LogP contribution in [0.2, 0.25) is 0 Å².